The van der Waals surface area contributed by atoms with Crippen molar-refractivity contribution in [3.8, 4) is 0 Å². The van der Waals surface area contributed by atoms with E-state index in [2.05, 4.69) is 22.4 Å². The molecule has 1 heterocycles. The maximum atomic E-state index is 12.2. The Labute approximate surface area is 129 Å². The van der Waals surface area contributed by atoms with Gasteiger partial charge in [0.25, 0.3) is 0 Å². The third kappa shape index (κ3) is 4.38. The average molecular weight is 312 g/mol. The second kappa shape index (κ2) is 7.70. The number of aliphatic hydroxyl groups is 1. The normalized spacial score (nSPS) is 22.0. The maximum Gasteiger partial charge on any atom is 0.323 e. The molecule has 1 aliphatic rings. The molecule has 7 heteroatoms. The first-order valence-corrected chi connectivity index (χ1v) is 8.42. The molecule has 21 heavy (non-hydrogen) atoms. The van der Waals surface area contributed by atoms with E-state index >= 15 is 0 Å². The van der Waals surface area contributed by atoms with Crippen LogP contribution in [0, 0.1) is 5.92 Å². The summed E-state index contributed by atoms with van der Waals surface area (Å²) in [5.41, 5.74) is 0. The Kier molecular flexibility index (Phi) is 5.93. The van der Waals surface area contributed by atoms with Crippen LogP contribution in [0.5, 0.6) is 0 Å². The lowest BCUT2D eigenvalue weighted by atomic mass is 9.86. The van der Waals surface area contributed by atoms with Crippen LogP contribution in [-0.4, -0.2) is 45.9 Å². The summed E-state index contributed by atoms with van der Waals surface area (Å²) in [6.45, 7) is 2.35. The van der Waals surface area contributed by atoms with Crippen LogP contribution in [-0.2, 0) is 6.42 Å². The van der Waals surface area contributed by atoms with Crippen LogP contribution in [0.4, 0.5) is 9.93 Å². The molecule has 1 saturated carbocycles. The summed E-state index contributed by atoms with van der Waals surface area (Å²) in [6, 6.07) is 0.123. The zero-order valence-corrected chi connectivity index (χ0v) is 13.5. The summed E-state index contributed by atoms with van der Waals surface area (Å²) in [5.74, 6) is 0.400. The molecule has 2 rings (SSSR count). The van der Waals surface area contributed by atoms with Gasteiger partial charge in [-0.1, -0.05) is 18.3 Å². The maximum absolute atomic E-state index is 12.2. The molecule has 0 saturated heterocycles. The molecular weight excluding hydrogens is 288 g/mol. The van der Waals surface area contributed by atoms with Gasteiger partial charge in [0.05, 0.1) is 0 Å². The van der Waals surface area contributed by atoms with Crippen molar-refractivity contribution in [2.45, 2.75) is 51.5 Å². The Morgan fingerprint density at radius 2 is 2.10 bits per heavy atom. The number of urea groups is 1. The van der Waals surface area contributed by atoms with Crippen molar-refractivity contribution in [1.82, 2.24) is 15.1 Å². The van der Waals surface area contributed by atoms with E-state index < -0.39 is 0 Å². The van der Waals surface area contributed by atoms with E-state index in [0.29, 0.717) is 11.0 Å². The summed E-state index contributed by atoms with van der Waals surface area (Å²) >= 11 is 1.44. The predicted molar refractivity (Wildman–Crippen MR) is 83.5 cm³/mol. The second-order valence-electron chi connectivity index (χ2n) is 5.65. The van der Waals surface area contributed by atoms with E-state index in [1.165, 1.54) is 11.3 Å². The average Bonchev–Trinajstić information content (AvgIpc) is 2.94. The van der Waals surface area contributed by atoms with Crippen molar-refractivity contribution in [1.29, 1.82) is 0 Å². The van der Waals surface area contributed by atoms with Gasteiger partial charge in [0, 0.05) is 26.1 Å². The first-order valence-electron chi connectivity index (χ1n) is 7.61. The second-order valence-corrected chi connectivity index (χ2v) is 6.71. The molecule has 1 fully saturated rings. The number of hydrogen-bond donors (Lipinski definition) is 2. The van der Waals surface area contributed by atoms with E-state index in [4.69, 9.17) is 5.11 Å². The van der Waals surface area contributed by atoms with Gasteiger partial charge in [-0.15, -0.1) is 10.2 Å². The number of anilines is 1. The van der Waals surface area contributed by atoms with Crippen molar-refractivity contribution in [3.63, 3.8) is 0 Å². The molecule has 0 atom stereocenters. The Morgan fingerprint density at radius 1 is 1.38 bits per heavy atom. The Morgan fingerprint density at radius 3 is 2.71 bits per heavy atom. The quantitative estimate of drug-likeness (QED) is 0.875. The molecule has 2 amide bonds. The van der Waals surface area contributed by atoms with E-state index in [-0.39, 0.29) is 18.7 Å². The van der Waals surface area contributed by atoms with E-state index in [1.54, 1.807) is 4.90 Å². The number of amides is 2. The van der Waals surface area contributed by atoms with Gasteiger partial charge >= 0.3 is 6.03 Å². The monoisotopic (exact) mass is 312 g/mol. The van der Waals surface area contributed by atoms with Crippen LogP contribution in [0.1, 0.15) is 44.0 Å². The third-order valence-corrected chi connectivity index (χ3v) is 4.99. The minimum atomic E-state index is -0.123. The molecule has 0 spiro atoms. The number of nitrogens with zero attached hydrogens (tertiary/aromatic N) is 3. The number of carbonyl (C=O) groups excluding carboxylic acids is 1. The van der Waals surface area contributed by atoms with Crippen molar-refractivity contribution in [3.05, 3.63) is 5.01 Å². The largest absolute Gasteiger partial charge is 0.396 e. The van der Waals surface area contributed by atoms with Crippen LogP contribution in [0.25, 0.3) is 0 Å². The third-order valence-electron chi connectivity index (χ3n) is 4.09. The molecule has 118 valence electrons. The minimum Gasteiger partial charge on any atom is -0.396 e. The summed E-state index contributed by atoms with van der Waals surface area (Å²) in [6.07, 6.45) is 5.79. The highest BCUT2D eigenvalue weighted by atomic mass is 32.1. The molecule has 0 aliphatic heterocycles. The van der Waals surface area contributed by atoms with Gasteiger partial charge in [0.15, 0.2) is 0 Å². The summed E-state index contributed by atoms with van der Waals surface area (Å²) in [5, 5.41) is 21.6. The van der Waals surface area contributed by atoms with Gasteiger partial charge in [-0.05, 0) is 38.0 Å². The van der Waals surface area contributed by atoms with Crippen LogP contribution in [0.15, 0.2) is 0 Å². The number of nitrogens with one attached hydrogen (secondary N) is 1. The standard InChI is InChI=1S/C14H24N4O2S/c1-3-4-12-16-17-13(21-12)15-14(20)18(2)11-7-5-10(9-19)6-8-11/h10-11,19H,3-9H2,1-2H3,(H,15,17,20). The molecular formula is C14H24N4O2S. The fourth-order valence-corrected chi connectivity index (χ4v) is 3.51. The van der Waals surface area contributed by atoms with Gasteiger partial charge in [-0.3, -0.25) is 5.32 Å². The molecule has 0 bridgehead atoms. The predicted octanol–water partition coefficient (Wildman–Crippen LogP) is 2.51. The highest BCUT2D eigenvalue weighted by molar-refractivity contribution is 7.15. The van der Waals surface area contributed by atoms with E-state index in [1.807, 2.05) is 7.05 Å². The first-order chi connectivity index (χ1) is 10.1. The highest BCUT2D eigenvalue weighted by Crippen LogP contribution is 2.27. The topological polar surface area (TPSA) is 78.4 Å². The summed E-state index contributed by atoms with van der Waals surface area (Å²) in [7, 11) is 1.83. The Bertz CT molecular complexity index is 458. The fraction of sp³-hybridized carbons (Fsp3) is 0.786. The SMILES string of the molecule is CCCc1nnc(NC(=O)N(C)C2CCC(CO)CC2)s1. The number of aromatic nitrogens is 2. The minimum absolute atomic E-state index is 0.123. The highest BCUT2D eigenvalue weighted by Gasteiger charge is 2.26. The number of carbonyl (C=O) groups is 1. The van der Waals surface area contributed by atoms with Crippen molar-refractivity contribution >= 4 is 22.5 Å². The zero-order chi connectivity index (χ0) is 15.2. The molecule has 1 aliphatic carbocycles. The fourth-order valence-electron chi connectivity index (χ4n) is 2.68. The number of aliphatic hydroxyl groups excluding tert-OH is 1. The van der Waals surface area contributed by atoms with Crippen molar-refractivity contribution in [2.24, 2.45) is 5.92 Å². The zero-order valence-electron chi connectivity index (χ0n) is 12.7. The van der Waals surface area contributed by atoms with Crippen molar-refractivity contribution in [2.75, 3.05) is 19.0 Å². The molecule has 0 aromatic carbocycles. The first kappa shape index (κ1) is 16.2. The number of aryl methyl sites for hydroxylation is 1. The van der Waals surface area contributed by atoms with Crippen molar-refractivity contribution < 1.29 is 9.90 Å². The lowest BCUT2D eigenvalue weighted by molar-refractivity contribution is 0.139. The van der Waals surface area contributed by atoms with Crippen LogP contribution < -0.4 is 5.32 Å². The summed E-state index contributed by atoms with van der Waals surface area (Å²) in [4.78, 5) is 14.0. The molecule has 2 N–H and O–H groups in total. The van der Waals surface area contributed by atoms with Crippen LogP contribution >= 0.6 is 11.3 Å². The van der Waals surface area contributed by atoms with Gasteiger partial charge in [0.1, 0.15) is 5.01 Å². The molecule has 1 aromatic heterocycles. The molecule has 0 unspecified atom stereocenters. The van der Waals surface area contributed by atoms with Gasteiger partial charge in [-0.2, -0.15) is 0 Å². The molecule has 6 nitrogen and oxygen atoms in total. The van der Waals surface area contributed by atoms with Gasteiger partial charge in [0.2, 0.25) is 5.13 Å². The summed E-state index contributed by atoms with van der Waals surface area (Å²) < 4.78 is 0. The van der Waals surface area contributed by atoms with E-state index in [0.717, 1.165) is 43.5 Å². The Hall–Kier alpha value is -1.21. The van der Waals surface area contributed by atoms with Crippen LogP contribution in [0.2, 0.25) is 0 Å². The molecule has 1 aromatic rings. The number of hydrogen-bond acceptors (Lipinski definition) is 5. The molecule has 0 radical (unpaired) electrons. The smallest absolute Gasteiger partial charge is 0.323 e. The van der Waals surface area contributed by atoms with Gasteiger partial charge in [-0.25, -0.2) is 4.79 Å². The van der Waals surface area contributed by atoms with E-state index in [9.17, 15) is 4.79 Å². The number of rotatable bonds is 5. The lowest BCUT2D eigenvalue weighted by Crippen LogP contribution is -2.42. The van der Waals surface area contributed by atoms with Crippen LogP contribution in [0.3, 0.4) is 0 Å². The lowest BCUT2D eigenvalue weighted by Gasteiger charge is -2.33. The Balaban J connectivity index is 1.84. The van der Waals surface area contributed by atoms with Gasteiger partial charge < -0.3 is 10.0 Å².